The Morgan fingerprint density at radius 1 is 0.560 bits per heavy atom. The molecule has 7 atom stereocenters. The molecule has 0 aliphatic carbocycles. The molecule has 0 aliphatic rings. The summed E-state index contributed by atoms with van der Waals surface area (Å²) in [5, 5.41) is 46.0. The van der Waals surface area contributed by atoms with Crippen LogP contribution in [-0.2, 0) is 76.9 Å². The highest BCUT2D eigenvalue weighted by Gasteiger charge is 2.39. The van der Waals surface area contributed by atoms with Crippen molar-refractivity contribution in [2.75, 3.05) is 0 Å². The van der Waals surface area contributed by atoms with Crippen LogP contribution in [0.4, 0.5) is 0 Å². The Labute approximate surface area is 434 Å². The first-order chi connectivity index (χ1) is 35.4. The third-order valence-electron chi connectivity index (χ3n) is 11.7. The zero-order valence-electron chi connectivity index (χ0n) is 42.9. The second-order valence-electron chi connectivity index (χ2n) is 19.5. The van der Waals surface area contributed by atoms with Crippen molar-refractivity contribution in [1.29, 1.82) is 0 Å². The number of carbonyl (C=O) groups excluding carboxylic acids is 8. The highest BCUT2D eigenvalue weighted by Crippen LogP contribution is 2.22. The lowest BCUT2D eigenvalue weighted by molar-refractivity contribution is -0.148. The standard InChI is InChI=1S/C53H69N7O15/c1-31(2)25-38(48(70)57-37(26-33-16-9-7-10-17-33)45(75-30-61)51(73)54-29-34-18-11-8-12-19-34)59-52(74)46(53(4,5)6)60-50(72)39(27-35-20-14-13-15-32(35)3)58-47(69)36(21-23-42(63)64)56-49(71)40(28-44(67)68)55-41(62)22-24-43(65)66/h7-20,30-31,36-40,45-46H,21-29H2,1-6H3,(H,54,73)(H,55,62)(H,56,71)(H,57,70)(H,58,69)(H,59,74)(H,60,72)(H,63,64)(H,65,66)(H,67,68)/t36-,37?,38-,39-,40-,45?,46+/m0/s1. The quantitative estimate of drug-likeness (QED) is 0.0411. The summed E-state index contributed by atoms with van der Waals surface area (Å²) in [5.74, 6) is -10.9. The molecule has 0 saturated carbocycles. The summed E-state index contributed by atoms with van der Waals surface area (Å²) in [5.41, 5.74) is 1.62. The number of carboxylic acid groups (broad SMARTS) is 3. The summed E-state index contributed by atoms with van der Waals surface area (Å²) in [6.45, 7) is 10.5. The van der Waals surface area contributed by atoms with Crippen molar-refractivity contribution in [3.63, 3.8) is 0 Å². The second kappa shape index (κ2) is 30.1. The van der Waals surface area contributed by atoms with E-state index in [0.717, 1.165) is 5.56 Å². The van der Waals surface area contributed by atoms with Gasteiger partial charge in [0.2, 0.25) is 35.4 Å². The summed E-state index contributed by atoms with van der Waals surface area (Å²) in [7, 11) is 0. The van der Waals surface area contributed by atoms with Crippen LogP contribution >= 0.6 is 0 Å². The number of aryl methyl sites for hydroxylation is 1. The number of carboxylic acids is 3. The predicted octanol–water partition coefficient (Wildman–Crippen LogP) is 1.84. The minimum Gasteiger partial charge on any atom is -0.481 e. The summed E-state index contributed by atoms with van der Waals surface area (Å²) in [4.78, 5) is 144. The zero-order valence-corrected chi connectivity index (χ0v) is 42.9. The van der Waals surface area contributed by atoms with Gasteiger partial charge in [0, 0.05) is 25.8 Å². The van der Waals surface area contributed by atoms with E-state index in [4.69, 9.17) is 9.84 Å². The number of aliphatic carboxylic acids is 3. The Balaban J connectivity index is 1.97. The molecule has 2 unspecified atom stereocenters. The molecule has 10 N–H and O–H groups in total. The van der Waals surface area contributed by atoms with Crippen molar-refractivity contribution in [2.45, 2.75) is 142 Å². The molecule has 406 valence electrons. The van der Waals surface area contributed by atoms with Crippen LogP contribution in [0, 0.1) is 18.3 Å². The molecule has 0 radical (unpaired) electrons. The molecule has 7 amide bonds. The first kappa shape index (κ1) is 61.1. The van der Waals surface area contributed by atoms with Crippen LogP contribution in [-0.4, -0.2) is 123 Å². The van der Waals surface area contributed by atoms with Crippen LogP contribution < -0.4 is 37.2 Å². The SMILES string of the molecule is Cc1ccccc1C[C@H](NC(=O)[C@H](CCC(=O)O)NC(=O)[C@H](CC(=O)O)NC(=O)CCC(=O)O)C(=O)N[C@H](C(=O)N[C@@H](CC(C)C)C(=O)NC(Cc1ccccc1)C(OC=O)C(=O)NCc1ccccc1)C(C)(C)C. The fourth-order valence-electron chi connectivity index (χ4n) is 7.77. The maximum atomic E-state index is 14.6. The van der Waals surface area contributed by atoms with Gasteiger partial charge in [-0.1, -0.05) is 120 Å². The topological polar surface area (TPSA) is 342 Å². The molecule has 0 spiro atoms. The number of amides is 7. The lowest BCUT2D eigenvalue weighted by Gasteiger charge is -2.34. The molecule has 0 aliphatic heterocycles. The van der Waals surface area contributed by atoms with Crippen LogP contribution in [0.15, 0.2) is 84.9 Å². The largest absolute Gasteiger partial charge is 0.481 e. The number of hydrogen-bond acceptors (Lipinski definition) is 12. The first-order valence-corrected chi connectivity index (χ1v) is 24.3. The molecular weight excluding hydrogens is 975 g/mol. The smallest absolute Gasteiger partial charge is 0.305 e. The molecule has 0 heterocycles. The van der Waals surface area contributed by atoms with E-state index in [1.165, 1.54) is 0 Å². The molecule has 3 aromatic carbocycles. The molecule has 0 aromatic heterocycles. The molecule has 3 rings (SSSR count). The van der Waals surface area contributed by atoms with Crippen LogP contribution in [0.2, 0.25) is 0 Å². The average molecular weight is 1040 g/mol. The van der Waals surface area contributed by atoms with Crippen molar-refractivity contribution in [3.8, 4) is 0 Å². The molecular formula is C53H69N7O15. The van der Waals surface area contributed by atoms with Gasteiger partial charge < -0.3 is 57.3 Å². The minimum absolute atomic E-state index is 0.0236. The van der Waals surface area contributed by atoms with Gasteiger partial charge in [0.05, 0.1) is 18.9 Å². The molecule has 3 aromatic rings. The zero-order chi connectivity index (χ0) is 55.8. The van der Waals surface area contributed by atoms with Crippen molar-refractivity contribution >= 4 is 65.7 Å². The van der Waals surface area contributed by atoms with Crippen LogP contribution in [0.25, 0.3) is 0 Å². The molecule has 22 nitrogen and oxygen atoms in total. The van der Waals surface area contributed by atoms with E-state index in [9.17, 15) is 63.0 Å². The van der Waals surface area contributed by atoms with E-state index in [-0.39, 0.29) is 38.2 Å². The summed E-state index contributed by atoms with van der Waals surface area (Å²) >= 11 is 0. The van der Waals surface area contributed by atoms with Gasteiger partial charge in [-0.05, 0) is 59.8 Å². The van der Waals surface area contributed by atoms with Crippen molar-refractivity contribution in [3.05, 3.63) is 107 Å². The first-order valence-electron chi connectivity index (χ1n) is 24.3. The third-order valence-corrected chi connectivity index (χ3v) is 11.7. The highest BCUT2D eigenvalue weighted by molar-refractivity contribution is 5.98. The van der Waals surface area contributed by atoms with Crippen LogP contribution in [0.3, 0.4) is 0 Å². The van der Waals surface area contributed by atoms with Gasteiger partial charge in [0.25, 0.3) is 12.4 Å². The fourth-order valence-corrected chi connectivity index (χ4v) is 7.77. The fraction of sp³-hybridized carbons (Fsp3) is 0.453. The number of ether oxygens (including phenoxy) is 1. The van der Waals surface area contributed by atoms with Gasteiger partial charge in [0.1, 0.15) is 30.2 Å². The van der Waals surface area contributed by atoms with Crippen LogP contribution in [0.1, 0.15) is 95.4 Å². The number of rotatable bonds is 31. The lowest BCUT2D eigenvalue weighted by atomic mass is 9.85. The Morgan fingerprint density at radius 2 is 1.09 bits per heavy atom. The molecule has 22 heteroatoms. The average Bonchev–Trinajstić information content (AvgIpc) is 3.34. The van der Waals surface area contributed by atoms with Crippen molar-refractivity contribution < 1.29 is 72.8 Å². The minimum atomic E-state index is -1.83. The van der Waals surface area contributed by atoms with Gasteiger partial charge in [0.15, 0.2) is 6.10 Å². The van der Waals surface area contributed by atoms with Gasteiger partial charge in [-0.15, -0.1) is 0 Å². The monoisotopic (exact) mass is 1040 g/mol. The number of benzene rings is 3. The van der Waals surface area contributed by atoms with Crippen molar-refractivity contribution in [2.24, 2.45) is 11.3 Å². The van der Waals surface area contributed by atoms with Crippen molar-refractivity contribution in [1.82, 2.24) is 37.2 Å². The normalized spacial score (nSPS) is 13.9. The number of hydrogen-bond donors (Lipinski definition) is 10. The molecule has 75 heavy (non-hydrogen) atoms. The Kier molecular flexibility index (Phi) is 24.6. The molecule has 0 saturated heterocycles. The van der Waals surface area contributed by atoms with E-state index in [1.54, 1.807) is 107 Å². The number of carbonyl (C=O) groups is 11. The highest BCUT2D eigenvalue weighted by atomic mass is 16.5. The van der Waals surface area contributed by atoms with E-state index in [2.05, 4.69) is 37.2 Å². The maximum Gasteiger partial charge on any atom is 0.305 e. The van der Waals surface area contributed by atoms with E-state index >= 15 is 0 Å². The summed E-state index contributed by atoms with van der Waals surface area (Å²) < 4.78 is 5.33. The van der Waals surface area contributed by atoms with Gasteiger partial charge in [-0.3, -0.25) is 52.7 Å². The van der Waals surface area contributed by atoms with Gasteiger partial charge in [-0.25, -0.2) is 0 Å². The van der Waals surface area contributed by atoms with E-state index in [0.29, 0.717) is 16.7 Å². The summed E-state index contributed by atoms with van der Waals surface area (Å²) in [6, 6.07) is 15.7. The maximum absolute atomic E-state index is 14.6. The molecule has 0 bridgehead atoms. The van der Waals surface area contributed by atoms with E-state index in [1.807, 2.05) is 19.9 Å². The van der Waals surface area contributed by atoms with Crippen LogP contribution in [0.5, 0.6) is 0 Å². The predicted molar refractivity (Wildman–Crippen MR) is 271 cm³/mol. The molecule has 0 fully saturated rings. The van der Waals surface area contributed by atoms with Gasteiger partial charge in [-0.2, -0.15) is 0 Å². The Bertz CT molecular complexity index is 2460. The Morgan fingerprint density at radius 3 is 1.65 bits per heavy atom. The Hall–Kier alpha value is -8.17. The second-order valence-corrected chi connectivity index (χ2v) is 19.5. The van der Waals surface area contributed by atoms with Gasteiger partial charge >= 0.3 is 17.9 Å². The lowest BCUT2D eigenvalue weighted by Crippen LogP contribution is -2.62. The number of nitrogens with one attached hydrogen (secondary N) is 7. The third kappa shape index (κ3) is 21.8. The summed E-state index contributed by atoms with van der Waals surface area (Å²) in [6.07, 6.45) is -5.15. The van der Waals surface area contributed by atoms with E-state index < -0.39 is 139 Å².